The third kappa shape index (κ3) is 4.86. The van der Waals surface area contributed by atoms with Crippen molar-refractivity contribution in [3.05, 3.63) is 93.5 Å². The lowest BCUT2D eigenvalue weighted by atomic mass is 10.1. The maximum Gasteiger partial charge on any atom is 0.124 e. The average molecular weight is 396 g/mol. The van der Waals surface area contributed by atoms with Crippen LogP contribution < -0.4 is 10.1 Å². The summed E-state index contributed by atoms with van der Waals surface area (Å²) in [4.78, 5) is 0. The van der Waals surface area contributed by atoms with E-state index in [9.17, 15) is 0 Å². The molecule has 3 aromatic rings. The largest absolute Gasteiger partial charge is 0.489 e. The molecule has 0 aliphatic carbocycles. The summed E-state index contributed by atoms with van der Waals surface area (Å²) >= 11 is 3.46. The Kier molecular flexibility index (Phi) is 5.77. The lowest BCUT2D eigenvalue weighted by Gasteiger charge is -2.14. The van der Waals surface area contributed by atoms with E-state index in [1.54, 1.807) is 0 Å². The number of hydrogen-bond donors (Lipinski definition) is 1. The second-order valence-electron chi connectivity index (χ2n) is 6.19. The van der Waals surface area contributed by atoms with Crippen LogP contribution in [0.15, 0.2) is 71.2 Å². The van der Waals surface area contributed by atoms with Crippen molar-refractivity contribution in [3.8, 4) is 5.75 Å². The number of anilines is 1. The van der Waals surface area contributed by atoms with Gasteiger partial charge >= 0.3 is 0 Å². The summed E-state index contributed by atoms with van der Waals surface area (Å²) in [5, 5.41) is 3.52. The Bertz CT molecular complexity index is 843. The molecule has 0 fully saturated rings. The lowest BCUT2D eigenvalue weighted by Crippen LogP contribution is -2.04. The number of halogens is 1. The number of nitrogens with one attached hydrogen (secondary N) is 1. The van der Waals surface area contributed by atoms with E-state index in [-0.39, 0.29) is 0 Å². The van der Waals surface area contributed by atoms with Gasteiger partial charge in [0, 0.05) is 22.3 Å². The SMILES string of the molecule is Cc1ccc(NCc2ccccc2OCc2ccc(Br)cc2)c(C)c1. The number of hydrogen-bond acceptors (Lipinski definition) is 2. The molecule has 0 saturated heterocycles. The summed E-state index contributed by atoms with van der Waals surface area (Å²) in [7, 11) is 0. The van der Waals surface area contributed by atoms with Crippen LogP contribution in [0.5, 0.6) is 5.75 Å². The van der Waals surface area contributed by atoms with Crippen molar-refractivity contribution in [1.29, 1.82) is 0 Å². The Labute approximate surface area is 158 Å². The van der Waals surface area contributed by atoms with Crippen molar-refractivity contribution in [1.82, 2.24) is 0 Å². The summed E-state index contributed by atoms with van der Waals surface area (Å²) in [6, 6.07) is 22.9. The molecular weight excluding hydrogens is 374 g/mol. The van der Waals surface area contributed by atoms with E-state index in [1.807, 2.05) is 30.3 Å². The summed E-state index contributed by atoms with van der Waals surface area (Å²) in [6.07, 6.45) is 0. The fourth-order valence-electron chi connectivity index (χ4n) is 2.73. The fourth-order valence-corrected chi connectivity index (χ4v) is 3.00. The van der Waals surface area contributed by atoms with Crippen LogP contribution in [-0.4, -0.2) is 0 Å². The van der Waals surface area contributed by atoms with Crippen molar-refractivity contribution in [2.24, 2.45) is 0 Å². The molecule has 0 amide bonds. The van der Waals surface area contributed by atoms with Crippen molar-refractivity contribution < 1.29 is 4.74 Å². The van der Waals surface area contributed by atoms with Gasteiger partial charge in [-0.2, -0.15) is 0 Å². The van der Waals surface area contributed by atoms with Crippen LogP contribution >= 0.6 is 15.9 Å². The zero-order chi connectivity index (χ0) is 17.6. The number of rotatable bonds is 6. The molecule has 0 atom stereocenters. The molecule has 0 aliphatic rings. The van der Waals surface area contributed by atoms with Crippen LogP contribution in [0, 0.1) is 13.8 Å². The van der Waals surface area contributed by atoms with Gasteiger partial charge in [0.15, 0.2) is 0 Å². The first-order valence-electron chi connectivity index (χ1n) is 8.38. The zero-order valence-corrected chi connectivity index (χ0v) is 16.1. The van der Waals surface area contributed by atoms with E-state index >= 15 is 0 Å². The quantitative estimate of drug-likeness (QED) is 0.531. The molecule has 3 heteroatoms. The first kappa shape index (κ1) is 17.6. The Hall–Kier alpha value is -2.26. The Balaban J connectivity index is 1.67. The molecule has 0 aliphatic heterocycles. The average Bonchev–Trinajstić information content (AvgIpc) is 2.61. The molecule has 0 unspecified atom stereocenters. The van der Waals surface area contributed by atoms with Crippen LogP contribution in [0.3, 0.4) is 0 Å². The minimum absolute atomic E-state index is 0.563. The highest BCUT2D eigenvalue weighted by atomic mass is 79.9. The van der Waals surface area contributed by atoms with Crippen LogP contribution in [0.4, 0.5) is 5.69 Å². The van der Waals surface area contributed by atoms with E-state index in [4.69, 9.17) is 4.74 Å². The van der Waals surface area contributed by atoms with Crippen molar-refractivity contribution in [2.75, 3.05) is 5.32 Å². The lowest BCUT2D eigenvalue weighted by molar-refractivity contribution is 0.303. The van der Waals surface area contributed by atoms with Gasteiger partial charge < -0.3 is 10.1 Å². The molecule has 3 rings (SSSR count). The Morgan fingerprint density at radius 3 is 2.44 bits per heavy atom. The van der Waals surface area contributed by atoms with Crippen LogP contribution in [0.1, 0.15) is 22.3 Å². The number of ether oxygens (including phenoxy) is 1. The first-order chi connectivity index (χ1) is 12.1. The standard InChI is InChI=1S/C22H22BrNO/c1-16-7-12-21(17(2)13-16)24-14-19-5-3-4-6-22(19)25-15-18-8-10-20(23)11-9-18/h3-13,24H,14-15H2,1-2H3. The van der Waals surface area contributed by atoms with Gasteiger partial charge in [0.1, 0.15) is 12.4 Å². The first-order valence-corrected chi connectivity index (χ1v) is 9.17. The molecule has 0 aromatic heterocycles. The molecular formula is C22H22BrNO. The van der Waals surface area contributed by atoms with Gasteiger partial charge in [-0.3, -0.25) is 0 Å². The van der Waals surface area contributed by atoms with Crippen molar-refractivity contribution in [3.63, 3.8) is 0 Å². The van der Waals surface area contributed by atoms with Gasteiger partial charge in [-0.1, -0.05) is 64.0 Å². The summed E-state index contributed by atoms with van der Waals surface area (Å²) in [6.45, 7) is 5.54. The second-order valence-corrected chi connectivity index (χ2v) is 7.11. The smallest absolute Gasteiger partial charge is 0.124 e. The molecule has 1 N–H and O–H groups in total. The van der Waals surface area contributed by atoms with E-state index in [2.05, 4.69) is 71.5 Å². The highest BCUT2D eigenvalue weighted by molar-refractivity contribution is 9.10. The monoisotopic (exact) mass is 395 g/mol. The Morgan fingerprint density at radius 2 is 1.68 bits per heavy atom. The molecule has 3 aromatic carbocycles. The van der Waals surface area contributed by atoms with E-state index in [1.165, 1.54) is 11.1 Å². The molecule has 0 heterocycles. The molecule has 0 radical (unpaired) electrons. The van der Waals surface area contributed by atoms with Gasteiger partial charge in [-0.25, -0.2) is 0 Å². The summed E-state index contributed by atoms with van der Waals surface area (Å²) in [5.41, 5.74) is 6.00. The van der Waals surface area contributed by atoms with Gasteiger partial charge in [0.25, 0.3) is 0 Å². The third-order valence-corrected chi connectivity index (χ3v) is 4.66. The van der Waals surface area contributed by atoms with E-state index < -0.39 is 0 Å². The van der Waals surface area contributed by atoms with Gasteiger partial charge in [-0.15, -0.1) is 0 Å². The molecule has 0 spiro atoms. The molecule has 2 nitrogen and oxygen atoms in total. The topological polar surface area (TPSA) is 21.3 Å². The highest BCUT2D eigenvalue weighted by Gasteiger charge is 2.05. The summed E-state index contributed by atoms with van der Waals surface area (Å²) < 4.78 is 7.12. The van der Waals surface area contributed by atoms with Crippen LogP contribution in [0.25, 0.3) is 0 Å². The maximum atomic E-state index is 6.05. The number of benzene rings is 3. The van der Waals surface area contributed by atoms with Gasteiger partial charge in [0.05, 0.1) is 0 Å². The van der Waals surface area contributed by atoms with E-state index in [0.717, 1.165) is 33.6 Å². The molecule has 25 heavy (non-hydrogen) atoms. The minimum Gasteiger partial charge on any atom is -0.489 e. The molecule has 0 bridgehead atoms. The highest BCUT2D eigenvalue weighted by Crippen LogP contribution is 2.23. The summed E-state index contributed by atoms with van der Waals surface area (Å²) in [5.74, 6) is 0.919. The van der Waals surface area contributed by atoms with Crippen molar-refractivity contribution >= 4 is 21.6 Å². The van der Waals surface area contributed by atoms with Crippen molar-refractivity contribution in [2.45, 2.75) is 27.0 Å². The van der Waals surface area contributed by atoms with Crippen LogP contribution in [-0.2, 0) is 13.2 Å². The van der Waals surface area contributed by atoms with Crippen LogP contribution in [0.2, 0.25) is 0 Å². The normalized spacial score (nSPS) is 10.5. The predicted octanol–water partition coefficient (Wildman–Crippen LogP) is 6.26. The second kappa shape index (κ2) is 8.21. The fraction of sp³-hybridized carbons (Fsp3) is 0.182. The van der Waals surface area contributed by atoms with Gasteiger partial charge in [-0.05, 0) is 49.2 Å². The Morgan fingerprint density at radius 1 is 0.920 bits per heavy atom. The minimum atomic E-state index is 0.563. The maximum absolute atomic E-state index is 6.05. The molecule has 0 saturated carbocycles. The van der Waals surface area contributed by atoms with E-state index in [0.29, 0.717) is 6.61 Å². The third-order valence-electron chi connectivity index (χ3n) is 4.13. The zero-order valence-electron chi connectivity index (χ0n) is 14.6. The van der Waals surface area contributed by atoms with Gasteiger partial charge in [0.2, 0.25) is 0 Å². The molecule has 128 valence electrons. The predicted molar refractivity (Wildman–Crippen MR) is 108 cm³/mol. The number of para-hydroxylation sites is 1. The number of aryl methyl sites for hydroxylation is 2.